The molecule has 10 nitrogen and oxygen atoms in total. The zero-order valence-corrected chi connectivity index (χ0v) is 23.7. The normalized spacial score (nSPS) is 16.9. The molecule has 5 rings (SSSR count). The van der Waals surface area contributed by atoms with Gasteiger partial charge >= 0.3 is 5.69 Å². The maximum atomic E-state index is 13.8. The first-order valence-corrected chi connectivity index (χ1v) is 13.8. The van der Waals surface area contributed by atoms with Gasteiger partial charge in [-0.05, 0) is 61.9 Å². The molecular weight excluding hydrogens is 570 g/mol. The third-order valence-electron chi connectivity index (χ3n) is 7.56. The molecule has 0 spiro atoms. The number of fused-ring (bicyclic) bond motifs is 1. The van der Waals surface area contributed by atoms with E-state index in [1.807, 2.05) is 6.07 Å². The summed E-state index contributed by atoms with van der Waals surface area (Å²) < 4.78 is 35.4. The van der Waals surface area contributed by atoms with Crippen LogP contribution in [0.4, 0.5) is 8.78 Å². The predicted molar refractivity (Wildman–Crippen MR) is 153 cm³/mol. The van der Waals surface area contributed by atoms with Gasteiger partial charge in [-0.15, -0.1) is 0 Å². The number of hydrogen-bond acceptors (Lipinski definition) is 6. The molecule has 220 valence electrons. The molecule has 0 saturated heterocycles. The second kappa shape index (κ2) is 12.3. The van der Waals surface area contributed by atoms with E-state index in [0.717, 1.165) is 24.6 Å². The van der Waals surface area contributed by atoms with Crippen LogP contribution in [-0.2, 0) is 6.54 Å². The molecule has 1 aliphatic rings. The molecule has 0 radical (unpaired) electrons. The number of ether oxygens (including phenoxy) is 1. The second-order valence-electron chi connectivity index (χ2n) is 10.1. The highest BCUT2D eigenvalue weighted by Crippen LogP contribution is 2.29. The number of nitrogens with zero attached hydrogens (tertiary/aromatic N) is 4. The molecule has 42 heavy (non-hydrogen) atoms. The van der Waals surface area contributed by atoms with Crippen molar-refractivity contribution >= 4 is 34.4 Å². The second-order valence-corrected chi connectivity index (χ2v) is 10.6. The number of carbonyl (C=O) groups is 2. The maximum absolute atomic E-state index is 13.8. The highest BCUT2D eigenvalue weighted by molar-refractivity contribution is 6.30. The molecule has 2 N–H and O–H groups in total. The molecule has 1 saturated carbocycles. The van der Waals surface area contributed by atoms with Gasteiger partial charge in [0.25, 0.3) is 18.2 Å². The van der Waals surface area contributed by atoms with E-state index in [9.17, 15) is 23.2 Å². The monoisotopic (exact) mass is 598 g/mol. The maximum Gasteiger partial charge on any atom is 0.333 e. The smallest absolute Gasteiger partial charge is 0.333 e. The minimum atomic E-state index is -2.90. The van der Waals surface area contributed by atoms with Crippen LogP contribution in [0.2, 0.25) is 5.02 Å². The SMILES string of the molecule is CNC(=O)c1ccc(-n2c(=O)n(CC3CCC(NC(=O)c4cc(Cl)cnc4C(F)F)CC3)c3ccc(OC)cc32)cn1. The number of methoxy groups -OCH3 is 1. The van der Waals surface area contributed by atoms with Gasteiger partial charge in [0.2, 0.25) is 0 Å². The molecule has 13 heteroatoms. The van der Waals surface area contributed by atoms with Crippen molar-refractivity contribution in [3.05, 3.63) is 81.3 Å². The number of alkyl halides is 2. The van der Waals surface area contributed by atoms with Crippen LogP contribution < -0.4 is 21.1 Å². The molecular formula is C29H29ClF2N6O4. The van der Waals surface area contributed by atoms with Gasteiger partial charge in [-0.3, -0.25) is 23.7 Å². The van der Waals surface area contributed by atoms with E-state index in [2.05, 4.69) is 20.6 Å². The topological polar surface area (TPSA) is 120 Å². The van der Waals surface area contributed by atoms with Crippen LogP contribution in [-0.4, -0.2) is 51.1 Å². The van der Waals surface area contributed by atoms with E-state index in [1.54, 1.807) is 40.5 Å². The minimum absolute atomic E-state index is 0.105. The average molecular weight is 599 g/mol. The highest BCUT2D eigenvalue weighted by Gasteiger charge is 2.27. The van der Waals surface area contributed by atoms with Gasteiger partial charge in [-0.1, -0.05) is 11.6 Å². The van der Waals surface area contributed by atoms with Crippen molar-refractivity contribution in [2.45, 2.75) is 44.7 Å². The summed E-state index contributed by atoms with van der Waals surface area (Å²) in [5, 5.41) is 5.48. The molecule has 1 fully saturated rings. The third kappa shape index (κ3) is 5.85. The van der Waals surface area contributed by atoms with E-state index < -0.39 is 18.0 Å². The van der Waals surface area contributed by atoms with Crippen LogP contribution in [0.1, 0.15) is 58.6 Å². The quantitative estimate of drug-likeness (QED) is 0.307. The van der Waals surface area contributed by atoms with Crippen LogP contribution in [0.15, 0.2) is 53.6 Å². The van der Waals surface area contributed by atoms with Gasteiger partial charge in [0, 0.05) is 31.9 Å². The Kier molecular flexibility index (Phi) is 8.53. The molecule has 0 unspecified atom stereocenters. The van der Waals surface area contributed by atoms with Gasteiger partial charge in [-0.25, -0.2) is 18.6 Å². The van der Waals surface area contributed by atoms with E-state index in [4.69, 9.17) is 16.3 Å². The summed E-state index contributed by atoms with van der Waals surface area (Å²) in [4.78, 5) is 46.3. The summed E-state index contributed by atoms with van der Waals surface area (Å²) in [7, 11) is 3.07. The standard InChI is InChI=1S/C29H29ClF2N6O4/c1-33-28(40)22-9-7-19(14-34-22)38-24-12-20(42-2)8-10-23(24)37(29(38)41)15-16-3-5-18(6-4-16)36-27(39)21-11-17(30)13-35-25(21)26(31)32/h7-14,16,18,26H,3-6,15H2,1-2H3,(H,33,40)(H,36,39). The summed E-state index contributed by atoms with van der Waals surface area (Å²) in [6, 6.07) is 9.64. The van der Waals surface area contributed by atoms with Crippen LogP contribution in [0.3, 0.4) is 0 Å². The fourth-order valence-corrected chi connectivity index (χ4v) is 5.55. The van der Waals surface area contributed by atoms with E-state index in [-0.39, 0.29) is 39.8 Å². The van der Waals surface area contributed by atoms with Crippen molar-refractivity contribution in [3.63, 3.8) is 0 Å². The number of benzene rings is 1. The summed E-state index contributed by atoms with van der Waals surface area (Å²) in [6.07, 6.45) is 2.37. The largest absolute Gasteiger partial charge is 0.497 e. The number of rotatable bonds is 8. The van der Waals surface area contributed by atoms with Gasteiger partial charge in [0.1, 0.15) is 17.1 Å². The first-order valence-electron chi connectivity index (χ1n) is 13.4. The number of aromatic nitrogens is 4. The molecule has 0 atom stereocenters. The van der Waals surface area contributed by atoms with E-state index in [1.165, 1.54) is 19.3 Å². The summed E-state index contributed by atoms with van der Waals surface area (Å²) in [6.45, 7) is 0.451. The summed E-state index contributed by atoms with van der Waals surface area (Å²) in [5.74, 6) is -0.226. The van der Waals surface area contributed by atoms with Crippen LogP contribution in [0.25, 0.3) is 16.7 Å². The Bertz CT molecular complexity index is 1680. The van der Waals surface area contributed by atoms with Crippen molar-refractivity contribution in [2.24, 2.45) is 5.92 Å². The zero-order chi connectivity index (χ0) is 30.0. The fourth-order valence-electron chi connectivity index (χ4n) is 5.39. The number of nitrogens with one attached hydrogen (secondary N) is 2. The molecule has 4 aromatic rings. The third-order valence-corrected chi connectivity index (χ3v) is 7.77. The first kappa shape index (κ1) is 29.2. The van der Waals surface area contributed by atoms with Crippen molar-refractivity contribution in [2.75, 3.05) is 14.2 Å². The van der Waals surface area contributed by atoms with E-state index >= 15 is 0 Å². The predicted octanol–water partition coefficient (Wildman–Crippen LogP) is 4.53. The Labute approximate surface area is 244 Å². The molecule has 1 aromatic carbocycles. The van der Waals surface area contributed by atoms with Gasteiger partial charge in [-0.2, -0.15) is 0 Å². The summed E-state index contributed by atoms with van der Waals surface area (Å²) >= 11 is 5.90. The first-order chi connectivity index (χ1) is 20.2. The fraction of sp³-hybridized carbons (Fsp3) is 0.345. The number of hydrogen-bond donors (Lipinski definition) is 2. The Morgan fingerprint density at radius 1 is 1.05 bits per heavy atom. The number of imidazole rings is 1. The number of amides is 2. The van der Waals surface area contributed by atoms with Gasteiger partial charge in [0.15, 0.2) is 0 Å². The van der Waals surface area contributed by atoms with Crippen molar-refractivity contribution in [1.82, 2.24) is 29.7 Å². The van der Waals surface area contributed by atoms with Crippen molar-refractivity contribution in [1.29, 1.82) is 0 Å². The lowest BCUT2D eigenvalue weighted by Crippen LogP contribution is -2.39. The Hall–Kier alpha value is -4.32. The van der Waals surface area contributed by atoms with Gasteiger partial charge < -0.3 is 15.4 Å². The van der Waals surface area contributed by atoms with Crippen LogP contribution in [0, 0.1) is 5.92 Å². The van der Waals surface area contributed by atoms with Crippen LogP contribution in [0.5, 0.6) is 5.75 Å². The van der Waals surface area contributed by atoms with Crippen molar-refractivity contribution < 1.29 is 23.1 Å². The number of carbonyl (C=O) groups excluding carboxylic acids is 2. The number of pyridine rings is 2. The Morgan fingerprint density at radius 2 is 1.81 bits per heavy atom. The lowest BCUT2D eigenvalue weighted by Gasteiger charge is -2.29. The molecule has 0 aliphatic heterocycles. The molecule has 2 amide bonds. The lowest BCUT2D eigenvalue weighted by molar-refractivity contribution is 0.0903. The number of halogens is 3. The highest BCUT2D eigenvalue weighted by atomic mass is 35.5. The molecule has 0 bridgehead atoms. The van der Waals surface area contributed by atoms with Gasteiger partial charge in [0.05, 0.1) is 40.6 Å². The van der Waals surface area contributed by atoms with Crippen LogP contribution >= 0.6 is 11.6 Å². The minimum Gasteiger partial charge on any atom is -0.497 e. The molecule has 3 aromatic heterocycles. The average Bonchev–Trinajstić information content (AvgIpc) is 3.27. The van der Waals surface area contributed by atoms with Crippen molar-refractivity contribution in [3.8, 4) is 11.4 Å². The lowest BCUT2D eigenvalue weighted by atomic mass is 9.85. The zero-order valence-electron chi connectivity index (χ0n) is 22.9. The molecule has 1 aliphatic carbocycles. The summed E-state index contributed by atoms with van der Waals surface area (Å²) in [5.41, 5.74) is 1.02. The molecule has 3 heterocycles. The van der Waals surface area contributed by atoms with E-state index in [0.29, 0.717) is 36.3 Å². The Morgan fingerprint density at radius 3 is 2.45 bits per heavy atom. The Balaban J connectivity index is 1.34.